The van der Waals surface area contributed by atoms with Crippen LogP contribution >= 0.6 is 0 Å². The summed E-state index contributed by atoms with van der Waals surface area (Å²) in [5.41, 5.74) is 0. The Hall–Kier alpha value is -1.53. The number of nitrogens with one attached hydrogen (secondary N) is 1. The number of carbonyl (C=O) groups excluding carboxylic acids is 1. The van der Waals surface area contributed by atoms with E-state index in [9.17, 15) is 45.6 Å². The van der Waals surface area contributed by atoms with Gasteiger partial charge in [-0.1, -0.05) is 308 Å². The molecule has 2 rings (SSSR count). The van der Waals surface area contributed by atoms with Gasteiger partial charge in [0.1, 0.15) is 48.8 Å². The summed E-state index contributed by atoms with van der Waals surface area (Å²) >= 11 is 0. The third-order valence-corrected chi connectivity index (χ3v) is 18.2. The van der Waals surface area contributed by atoms with Crippen LogP contribution in [0.1, 0.15) is 335 Å². The number of unbranched alkanes of at least 4 members (excludes halogenated alkanes) is 44. The lowest BCUT2D eigenvalue weighted by Crippen LogP contribution is -2.65. The van der Waals surface area contributed by atoms with Crippen molar-refractivity contribution in [2.24, 2.45) is 0 Å². The predicted octanol–water partition coefficient (Wildman–Crippen LogP) is 15.1. The van der Waals surface area contributed by atoms with Crippen LogP contribution in [0, 0.1) is 0 Å². The van der Waals surface area contributed by atoms with Crippen LogP contribution in [0.4, 0.5) is 0 Å². The van der Waals surface area contributed by atoms with Crippen LogP contribution in [0.3, 0.4) is 0 Å². The minimum absolute atomic E-state index is 0.201. The van der Waals surface area contributed by atoms with Crippen LogP contribution in [0.2, 0.25) is 0 Å². The third-order valence-electron chi connectivity index (χ3n) is 18.2. The van der Waals surface area contributed by atoms with Crippen molar-refractivity contribution in [1.29, 1.82) is 0 Å². The highest BCUT2D eigenvalue weighted by Gasteiger charge is 2.51. The number of amides is 1. The van der Waals surface area contributed by atoms with E-state index in [0.717, 1.165) is 57.8 Å². The van der Waals surface area contributed by atoms with Gasteiger partial charge in [0, 0.05) is 6.42 Å². The van der Waals surface area contributed by atoms with E-state index in [-0.39, 0.29) is 12.5 Å². The molecular formula is C72H137NO13. The zero-order valence-electron chi connectivity index (χ0n) is 55.3. The van der Waals surface area contributed by atoms with Crippen LogP contribution in [0.25, 0.3) is 0 Å². The van der Waals surface area contributed by atoms with E-state index in [0.29, 0.717) is 12.8 Å². The highest BCUT2D eigenvalue weighted by molar-refractivity contribution is 5.76. The summed E-state index contributed by atoms with van der Waals surface area (Å²) in [5, 5.41) is 87.3. The molecule has 0 saturated carbocycles. The molecule has 0 bridgehead atoms. The van der Waals surface area contributed by atoms with Gasteiger partial charge in [0.25, 0.3) is 0 Å². The Morgan fingerprint density at radius 2 is 0.767 bits per heavy atom. The van der Waals surface area contributed by atoms with Crippen molar-refractivity contribution in [3.05, 3.63) is 24.3 Å². The fraction of sp³-hybridized carbons (Fsp3) is 0.931. The zero-order chi connectivity index (χ0) is 62.3. The molecule has 12 atom stereocenters. The molecule has 0 aromatic rings. The lowest BCUT2D eigenvalue weighted by atomic mass is 9.97. The van der Waals surface area contributed by atoms with Gasteiger partial charge >= 0.3 is 0 Å². The quantitative estimate of drug-likeness (QED) is 0.0204. The van der Waals surface area contributed by atoms with Crippen LogP contribution in [-0.2, 0) is 23.7 Å². The van der Waals surface area contributed by atoms with Gasteiger partial charge in [0.15, 0.2) is 12.6 Å². The summed E-state index contributed by atoms with van der Waals surface area (Å²) in [6.07, 6.45) is 55.4. The van der Waals surface area contributed by atoms with Crippen molar-refractivity contribution < 1.29 is 64.6 Å². The van der Waals surface area contributed by atoms with E-state index >= 15 is 0 Å². The Bertz CT molecular complexity index is 1540. The number of hydrogen-bond donors (Lipinski definition) is 9. The predicted molar refractivity (Wildman–Crippen MR) is 351 cm³/mol. The minimum atomic E-state index is -1.78. The number of allylic oxidation sites excluding steroid dienone is 4. The van der Waals surface area contributed by atoms with Crippen molar-refractivity contribution in [3.8, 4) is 0 Å². The van der Waals surface area contributed by atoms with Gasteiger partial charge in [-0.3, -0.25) is 4.79 Å². The van der Waals surface area contributed by atoms with E-state index in [4.69, 9.17) is 18.9 Å². The first-order chi connectivity index (χ1) is 42.1. The van der Waals surface area contributed by atoms with E-state index in [2.05, 4.69) is 43.5 Å². The molecule has 0 aromatic carbocycles. The summed E-state index contributed by atoms with van der Waals surface area (Å²) < 4.78 is 22.9. The fourth-order valence-electron chi connectivity index (χ4n) is 12.3. The van der Waals surface area contributed by atoms with Gasteiger partial charge in [0.05, 0.1) is 32.0 Å². The first kappa shape index (κ1) is 80.6. The molecular weight excluding hydrogens is 1090 g/mol. The van der Waals surface area contributed by atoms with Gasteiger partial charge in [0.2, 0.25) is 5.91 Å². The minimum Gasteiger partial charge on any atom is -0.394 e. The average Bonchev–Trinajstić information content (AvgIpc) is 1.60. The fourth-order valence-corrected chi connectivity index (χ4v) is 12.3. The summed E-state index contributed by atoms with van der Waals surface area (Å²) in [4.78, 5) is 13.3. The van der Waals surface area contributed by atoms with E-state index in [1.165, 1.54) is 250 Å². The molecule has 2 fully saturated rings. The highest BCUT2D eigenvalue weighted by atomic mass is 16.7. The molecule has 2 aliphatic heterocycles. The standard InChI is InChI=1S/C72H137NO13/c1-3-5-7-9-11-13-15-16-17-18-19-20-21-22-23-24-25-26-27-28-29-30-31-32-33-34-35-36-37-38-39-40-41-42-43-44-46-48-50-52-54-56-64(77)73-60(61(76)55-53-51-49-47-45-14-12-10-8-6-4-2)59-83-71-69(82)67(80)70(63(58-75)85-71)86-72-68(81)66(79)65(78)62(57-74)84-72/h15-16,18-19,60-63,65-72,74-76,78-82H,3-14,17,20-59H2,1-2H3,(H,73,77)/b16-15-,19-18-. The second-order valence-corrected chi connectivity index (χ2v) is 26.1. The molecule has 12 unspecified atom stereocenters. The Morgan fingerprint density at radius 3 is 1.16 bits per heavy atom. The molecule has 86 heavy (non-hydrogen) atoms. The van der Waals surface area contributed by atoms with Crippen LogP contribution < -0.4 is 5.32 Å². The summed E-state index contributed by atoms with van der Waals surface area (Å²) in [5.74, 6) is -0.201. The summed E-state index contributed by atoms with van der Waals surface area (Å²) in [6, 6.07) is -0.824. The summed E-state index contributed by atoms with van der Waals surface area (Å²) in [7, 11) is 0. The number of hydrogen-bond acceptors (Lipinski definition) is 13. The molecule has 14 heteroatoms. The Kier molecular flexibility index (Phi) is 53.7. The maximum Gasteiger partial charge on any atom is 0.220 e. The van der Waals surface area contributed by atoms with Gasteiger partial charge in [-0.05, 0) is 44.9 Å². The van der Waals surface area contributed by atoms with E-state index in [1.54, 1.807) is 0 Å². The molecule has 1 amide bonds. The normalized spacial score (nSPS) is 23.5. The van der Waals surface area contributed by atoms with Crippen molar-refractivity contribution >= 4 is 5.91 Å². The van der Waals surface area contributed by atoms with Gasteiger partial charge in [-0.15, -0.1) is 0 Å². The number of rotatable bonds is 61. The van der Waals surface area contributed by atoms with Crippen molar-refractivity contribution in [2.45, 2.75) is 408 Å². The molecule has 0 radical (unpaired) electrons. The average molecular weight is 1220 g/mol. The van der Waals surface area contributed by atoms with Crippen LogP contribution in [-0.4, -0.2) is 140 Å². The number of aliphatic hydroxyl groups is 8. The lowest BCUT2D eigenvalue weighted by Gasteiger charge is -2.46. The molecule has 0 aliphatic carbocycles. The Labute approximate surface area is 526 Å². The second-order valence-electron chi connectivity index (χ2n) is 26.1. The number of ether oxygens (including phenoxy) is 4. The monoisotopic (exact) mass is 1220 g/mol. The maximum atomic E-state index is 13.3. The van der Waals surface area contributed by atoms with Gasteiger partial charge < -0.3 is 65.1 Å². The topological polar surface area (TPSA) is 228 Å². The van der Waals surface area contributed by atoms with Gasteiger partial charge in [-0.25, -0.2) is 0 Å². The zero-order valence-corrected chi connectivity index (χ0v) is 55.3. The SMILES string of the molecule is CCCCCCC/C=C\C/C=C\CCCCCCCCCCCCCCCCCCCCCCCCCCCCCCCC(=O)NC(COC1OC(CO)C(OC2OC(CO)C(O)C(O)C2O)C(O)C1O)C(O)CCCCCCCCCCCCC. The Balaban J connectivity index is 1.49. The smallest absolute Gasteiger partial charge is 0.220 e. The number of carbonyl (C=O) groups is 1. The largest absolute Gasteiger partial charge is 0.394 e. The molecule has 9 N–H and O–H groups in total. The lowest BCUT2D eigenvalue weighted by molar-refractivity contribution is -0.359. The van der Waals surface area contributed by atoms with Crippen LogP contribution in [0.15, 0.2) is 24.3 Å². The molecule has 2 saturated heterocycles. The highest BCUT2D eigenvalue weighted by Crippen LogP contribution is 2.30. The van der Waals surface area contributed by atoms with E-state index < -0.39 is 86.8 Å². The molecule has 0 spiro atoms. The molecule has 0 aromatic heterocycles. The van der Waals surface area contributed by atoms with Crippen LogP contribution in [0.5, 0.6) is 0 Å². The molecule has 2 heterocycles. The molecule has 508 valence electrons. The maximum absolute atomic E-state index is 13.3. The first-order valence-corrected chi connectivity index (χ1v) is 36.6. The molecule has 14 nitrogen and oxygen atoms in total. The summed E-state index contributed by atoms with van der Waals surface area (Å²) in [6.45, 7) is 2.87. The Morgan fingerprint density at radius 1 is 0.419 bits per heavy atom. The second kappa shape index (κ2) is 57.4. The molecule has 2 aliphatic rings. The number of aliphatic hydroxyl groups excluding tert-OH is 8. The van der Waals surface area contributed by atoms with E-state index in [1.807, 2.05) is 0 Å². The van der Waals surface area contributed by atoms with Crippen molar-refractivity contribution in [2.75, 3.05) is 19.8 Å². The first-order valence-electron chi connectivity index (χ1n) is 36.6. The van der Waals surface area contributed by atoms with Crippen molar-refractivity contribution in [3.63, 3.8) is 0 Å². The third kappa shape index (κ3) is 41.1. The van der Waals surface area contributed by atoms with Crippen molar-refractivity contribution in [1.82, 2.24) is 5.32 Å². The van der Waals surface area contributed by atoms with Gasteiger partial charge in [-0.2, -0.15) is 0 Å².